The van der Waals surface area contributed by atoms with E-state index in [1.807, 2.05) is 30.4 Å². The molecule has 4 aromatic rings. The average molecular weight is 441 g/mol. The van der Waals surface area contributed by atoms with Crippen molar-refractivity contribution in [1.82, 2.24) is 0 Å². The lowest BCUT2D eigenvalue weighted by Gasteiger charge is -2.07. The summed E-state index contributed by atoms with van der Waals surface area (Å²) < 4.78 is 0. The van der Waals surface area contributed by atoms with Gasteiger partial charge >= 0.3 is 0 Å². The lowest BCUT2D eigenvalue weighted by molar-refractivity contribution is 1.57. The summed E-state index contributed by atoms with van der Waals surface area (Å²) in [4.78, 5) is 0. The zero-order chi connectivity index (χ0) is 22.5. The maximum atomic E-state index is 6.46. The van der Waals surface area contributed by atoms with Crippen LogP contribution >= 0.6 is 11.6 Å². The van der Waals surface area contributed by atoms with E-state index in [4.69, 9.17) is 11.6 Å². The third kappa shape index (κ3) is 4.90. The molecular weight excluding hydrogens is 420 g/mol. The van der Waals surface area contributed by atoms with Gasteiger partial charge in [-0.05, 0) is 57.2 Å². The summed E-state index contributed by atoms with van der Waals surface area (Å²) in [5.41, 5.74) is 15.5. The quantitative estimate of drug-likeness (QED) is 0.278. The Kier molecular flexibility index (Phi) is 6.07. The predicted octanol–water partition coefficient (Wildman–Crippen LogP) is 8.93. The zero-order valence-electron chi connectivity index (χ0n) is 18.0. The molecule has 0 aromatic heterocycles. The van der Waals surface area contributed by atoms with Crippen LogP contribution in [0.1, 0.15) is 11.1 Å². The van der Waals surface area contributed by atoms with Gasteiger partial charge in [-0.25, -0.2) is 0 Å². The lowest BCUT2D eigenvalue weighted by atomic mass is 9.98. The minimum Gasteiger partial charge on any atom is -0.111 e. The summed E-state index contributed by atoms with van der Waals surface area (Å²) in [7, 11) is 0. The minimum atomic E-state index is 0.563. The molecule has 0 radical (unpaired) electrons. The highest BCUT2D eigenvalue weighted by Crippen LogP contribution is 2.27. The second-order valence-corrected chi connectivity index (χ2v) is 8.23. The van der Waals surface area contributed by atoms with Gasteiger partial charge < -0.3 is 0 Å². The van der Waals surface area contributed by atoms with E-state index in [-0.39, 0.29) is 0 Å². The summed E-state index contributed by atoms with van der Waals surface area (Å²) in [6, 6.07) is 37.8. The van der Waals surface area contributed by atoms with Crippen molar-refractivity contribution in [3.05, 3.63) is 155 Å². The van der Waals surface area contributed by atoms with Crippen LogP contribution in [0.5, 0.6) is 0 Å². The third-order valence-electron chi connectivity index (χ3n) is 5.65. The number of halogens is 1. The molecule has 1 heteroatoms. The molecule has 0 spiro atoms. The summed E-state index contributed by atoms with van der Waals surface area (Å²) in [6.07, 6.45) is 5.82. The SMILES string of the molecule is ClC1=C=CC(c2ccc(-c3ccccc3)cc2)=C=C/C(c2ccc(-c3ccccc3)cc2)=C\1. The van der Waals surface area contributed by atoms with Crippen LogP contribution in [0.2, 0.25) is 0 Å². The van der Waals surface area contributed by atoms with E-state index in [0.29, 0.717) is 5.03 Å². The highest BCUT2D eigenvalue weighted by Gasteiger charge is 2.05. The molecule has 4 aromatic carbocycles. The molecule has 5 rings (SSSR count). The fourth-order valence-corrected chi connectivity index (χ4v) is 4.02. The monoisotopic (exact) mass is 440 g/mol. The molecule has 1 aliphatic carbocycles. The van der Waals surface area contributed by atoms with Crippen LogP contribution in [-0.4, -0.2) is 0 Å². The van der Waals surface area contributed by atoms with Crippen molar-refractivity contribution < 1.29 is 0 Å². The van der Waals surface area contributed by atoms with Crippen LogP contribution in [0, 0.1) is 0 Å². The lowest BCUT2D eigenvalue weighted by Crippen LogP contribution is -1.85. The Balaban J connectivity index is 1.46. The molecule has 0 unspecified atom stereocenters. The van der Waals surface area contributed by atoms with Gasteiger partial charge in [0.2, 0.25) is 0 Å². The molecule has 0 N–H and O–H groups in total. The van der Waals surface area contributed by atoms with Gasteiger partial charge in [0.25, 0.3) is 0 Å². The maximum Gasteiger partial charge on any atom is 0.0831 e. The third-order valence-corrected chi connectivity index (χ3v) is 5.87. The first-order chi connectivity index (χ1) is 16.3. The van der Waals surface area contributed by atoms with E-state index in [1.165, 1.54) is 22.3 Å². The van der Waals surface area contributed by atoms with Crippen LogP contribution in [0.15, 0.2) is 144 Å². The van der Waals surface area contributed by atoms with Crippen molar-refractivity contribution in [2.24, 2.45) is 0 Å². The van der Waals surface area contributed by atoms with Crippen LogP contribution < -0.4 is 0 Å². The molecule has 156 valence electrons. The Morgan fingerprint density at radius 2 is 0.879 bits per heavy atom. The minimum absolute atomic E-state index is 0.563. The van der Waals surface area contributed by atoms with Gasteiger partial charge in [-0.2, -0.15) is 0 Å². The summed E-state index contributed by atoms with van der Waals surface area (Å²) in [5.74, 6) is 0. The van der Waals surface area contributed by atoms with Crippen LogP contribution in [-0.2, 0) is 0 Å². The molecular formula is C32H21Cl. The molecule has 1 aliphatic rings. The van der Waals surface area contributed by atoms with E-state index in [1.54, 1.807) is 0 Å². The first-order valence-electron chi connectivity index (χ1n) is 10.9. The van der Waals surface area contributed by atoms with Gasteiger partial charge in [-0.3, -0.25) is 0 Å². The summed E-state index contributed by atoms with van der Waals surface area (Å²) in [5, 5.41) is 0.563. The molecule has 0 saturated carbocycles. The average Bonchev–Trinajstić information content (AvgIpc) is 2.88. The van der Waals surface area contributed by atoms with E-state index in [0.717, 1.165) is 22.3 Å². The second kappa shape index (κ2) is 9.61. The fourth-order valence-electron chi connectivity index (χ4n) is 3.85. The van der Waals surface area contributed by atoms with Gasteiger partial charge in [0.1, 0.15) is 0 Å². The van der Waals surface area contributed by atoms with Crippen LogP contribution in [0.4, 0.5) is 0 Å². The van der Waals surface area contributed by atoms with Crippen molar-refractivity contribution in [3.8, 4) is 22.3 Å². The topological polar surface area (TPSA) is 0 Å². The first kappa shape index (κ1) is 20.8. The smallest absolute Gasteiger partial charge is 0.0831 e. The Morgan fingerprint density at radius 3 is 1.42 bits per heavy atom. The molecule has 0 aliphatic heterocycles. The zero-order valence-corrected chi connectivity index (χ0v) is 18.8. The first-order valence-corrected chi connectivity index (χ1v) is 11.3. The van der Waals surface area contributed by atoms with E-state index in [2.05, 4.69) is 109 Å². The van der Waals surface area contributed by atoms with Gasteiger partial charge in [0.05, 0.1) is 5.03 Å². The maximum absolute atomic E-state index is 6.46. The molecule has 0 bridgehead atoms. The molecule has 0 heterocycles. The molecule has 0 fully saturated rings. The Bertz CT molecular complexity index is 1420. The van der Waals surface area contributed by atoms with Gasteiger partial charge in [-0.15, -0.1) is 5.73 Å². The van der Waals surface area contributed by atoms with Crippen LogP contribution in [0.25, 0.3) is 33.4 Å². The molecule has 0 nitrogen and oxygen atoms in total. The van der Waals surface area contributed by atoms with Crippen molar-refractivity contribution >= 4 is 22.7 Å². The highest BCUT2D eigenvalue weighted by molar-refractivity contribution is 6.31. The predicted molar refractivity (Wildman–Crippen MR) is 141 cm³/mol. The Hall–Kier alpha value is -4.05. The Labute approximate surface area is 199 Å². The van der Waals surface area contributed by atoms with Gasteiger partial charge in [-0.1, -0.05) is 127 Å². The van der Waals surface area contributed by atoms with Crippen molar-refractivity contribution in [3.63, 3.8) is 0 Å². The van der Waals surface area contributed by atoms with Gasteiger partial charge in [0, 0.05) is 5.57 Å². The number of benzene rings is 4. The number of hydrogen-bond acceptors (Lipinski definition) is 0. The highest BCUT2D eigenvalue weighted by atomic mass is 35.5. The van der Waals surface area contributed by atoms with Crippen molar-refractivity contribution in [2.45, 2.75) is 0 Å². The number of hydrogen-bond donors (Lipinski definition) is 0. The Morgan fingerprint density at radius 1 is 0.424 bits per heavy atom. The van der Waals surface area contributed by atoms with E-state index >= 15 is 0 Å². The standard InChI is InChI=1S/C32H21Cl/c33-32-22-21-29(28-13-11-26(12-14-28)24-7-3-1-4-8-24)19-20-31(23-32)30-17-15-27(16-18-30)25-9-5-2-6-10-25/h1-18,20-21,23H/b31-23+. The summed E-state index contributed by atoms with van der Waals surface area (Å²) >= 11 is 6.46. The van der Waals surface area contributed by atoms with Crippen molar-refractivity contribution in [2.75, 3.05) is 0 Å². The normalized spacial score (nSPS) is 14.5. The second-order valence-electron chi connectivity index (χ2n) is 7.83. The number of rotatable bonds is 4. The number of allylic oxidation sites excluding steroid dienone is 4. The van der Waals surface area contributed by atoms with E-state index < -0.39 is 0 Å². The van der Waals surface area contributed by atoms with Crippen LogP contribution in [0.3, 0.4) is 0 Å². The largest absolute Gasteiger partial charge is 0.111 e. The van der Waals surface area contributed by atoms with Gasteiger partial charge in [0.15, 0.2) is 0 Å². The molecule has 33 heavy (non-hydrogen) atoms. The van der Waals surface area contributed by atoms with E-state index in [9.17, 15) is 0 Å². The molecule has 0 amide bonds. The van der Waals surface area contributed by atoms with Crippen molar-refractivity contribution in [1.29, 1.82) is 0 Å². The summed E-state index contributed by atoms with van der Waals surface area (Å²) in [6.45, 7) is 0. The molecule has 0 saturated heterocycles. The molecule has 0 atom stereocenters. The fraction of sp³-hybridized carbons (Fsp3) is 0.